The van der Waals surface area contributed by atoms with Crippen LogP contribution in [-0.2, 0) is 0 Å². The molecule has 2 heteroatoms. The molecule has 0 aliphatic carbocycles. The van der Waals surface area contributed by atoms with Gasteiger partial charge in [-0.05, 0) is 25.0 Å². The molecule has 0 fully saturated rings. The topological polar surface area (TPSA) is 12.9 Å². The van der Waals surface area contributed by atoms with Crippen LogP contribution in [0.1, 0.15) is 22.9 Å². The second-order valence-corrected chi connectivity index (χ2v) is 3.79. The predicted octanol–water partition coefficient (Wildman–Crippen LogP) is 2.85. The fraction of sp³-hybridized carbons (Fsp3) is 0.375. The van der Waals surface area contributed by atoms with Crippen LogP contribution < -0.4 is 0 Å². The first-order valence-corrected chi connectivity index (χ1v) is 4.17. The molecule has 0 aliphatic heterocycles. The number of aromatic nitrogens is 1. The molecule has 0 radical (unpaired) electrons. The van der Waals surface area contributed by atoms with Crippen molar-refractivity contribution < 1.29 is 0 Å². The van der Waals surface area contributed by atoms with Crippen molar-refractivity contribution in [2.45, 2.75) is 18.7 Å². The molecule has 0 aromatic carbocycles. The Morgan fingerprint density at radius 1 is 1.50 bits per heavy atom. The lowest BCUT2D eigenvalue weighted by atomic mass is 10.2. The van der Waals surface area contributed by atoms with Gasteiger partial charge in [0.25, 0.3) is 0 Å². The molecule has 54 valence electrons. The fourth-order valence-corrected chi connectivity index (χ4v) is 1.05. The average molecular weight is 200 g/mol. The summed E-state index contributed by atoms with van der Waals surface area (Å²) in [6.45, 7) is 4.14. The minimum atomic E-state index is 0.403. The summed E-state index contributed by atoms with van der Waals surface area (Å²) in [5.74, 6) is 0. The van der Waals surface area contributed by atoms with Gasteiger partial charge in [0, 0.05) is 17.2 Å². The average Bonchev–Trinajstić information content (AvgIpc) is 1.88. The third-order valence-corrected chi connectivity index (χ3v) is 1.88. The lowest BCUT2D eigenvalue weighted by molar-refractivity contribution is 1.08. The van der Waals surface area contributed by atoms with Crippen LogP contribution in [0.3, 0.4) is 0 Å². The number of nitrogens with zero attached hydrogens (tertiary/aromatic N) is 1. The molecule has 1 heterocycles. The number of aryl methyl sites for hydroxylation is 1. The van der Waals surface area contributed by atoms with Crippen LogP contribution in [0.5, 0.6) is 0 Å². The minimum Gasteiger partial charge on any atom is -0.264 e. The van der Waals surface area contributed by atoms with Gasteiger partial charge in [-0.3, -0.25) is 4.98 Å². The van der Waals surface area contributed by atoms with Gasteiger partial charge in [0.15, 0.2) is 0 Å². The van der Waals surface area contributed by atoms with E-state index in [0.29, 0.717) is 4.83 Å². The van der Waals surface area contributed by atoms with E-state index in [0.717, 1.165) is 0 Å². The molecule has 0 aliphatic rings. The molecule has 1 rings (SSSR count). The number of pyridine rings is 1. The van der Waals surface area contributed by atoms with E-state index in [-0.39, 0.29) is 0 Å². The minimum absolute atomic E-state index is 0.403. The van der Waals surface area contributed by atoms with E-state index in [9.17, 15) is 0 Å². The van der Waals surface area contributed by atoms with Gasteiger partial charge in [-0.15, -0.1) is 0 Å². The van der Waals surface area contributed by atoms with Gasteiger partial charge in [0.1, 0.15) is 0 Å². The van der Waals surface area contributed by atoms with Crippen molar-refractivity contribution in [2.24, 2.45) is 0 Å². The summed E-state index contributed by atoms with van der Waals surface area (Å²) in [5, 5.41) is 0. The van der Waals surface area contributed by atoms with Gasteiger partial charge < -0.3 is 0 Å². The van der Waals surface area contributed by atoms with Crippen molar-refractivity contribution in [1.29, 1.82) is 0 Å². The molecule has 1 aromatic heterocycles. The van der Waals surface area contributed by atoms with E-state index in [4.69, 9.17) is 0 Å². The molecular formula is C8H10BrN. The van der Waals surface area contributed by atoms with Gasteiger partial charge in [-0.25, -0.2) is 0 Å². The molecule has 0 spiro atoms. The molecule has 0 saturated heterocycles. The second-order valence-electron chi connectivity index (χ2n) is 2.41. The maximum atomic E-state index is 4.08. The highest BCUT2D eigenvalue weighted by Crippen LogP contribution is 2.20. The van der Waals surface area contributed by atoms with Gasteiger partial charge >= 0.3 is 0 Å². The fourth-order valence-electron chi connectivity index (χ4n) is 0.796. The smallest absolute Gasteiger partial charge is 0.0382 e. The van der Waals surface area contributed by atoms with Crippen LogP contribution in [0.25, 0.3) is 0 Å². The SMILES string of the molecule is Cc1cncc(C(C)Br)c1. The number of halogens is 1. The molecule has 1 unspecified atom stereocenters. The molecule has 1 nitrogen and oxygen atoms in total. The number of alkyl halides is 1. The van der Waals surface area contributed by atoms with Crippen molar-refractivity contribution in [3.63, 3.8) is 0 Å². The summed E-state index contributed by atoms with van der Waals surface area (Å²) < 4.78 is 0. The Kier molecular flexibility index (Phi) is 2.44. The molecule has 1 aromatic rings. The Morgan fingerprint density at radius 3 is 2.60 bits per heavy atom. The van der Waals surface area contributed by atoms with E-state index in [1.54, 1.807) is 0 Å². The summed E-state index contributed by atoms with van der Waals surface area (Å²) in [5.41, 5.74) is 2.45. The van der Waals surface area contributed by atoms with Crippen LogP contribution in [0.2, 0.25) is 0 Å². The van der Waals surface area contributed by atoms with Crippen LogP contribution >= 0.6 is 15.9 Å². The van der Waals surface area contributed by atoms with E-state index >= 15 is 0 Å². The van der Waals surface area contributed by atoms with Gasteiger partial charge in [-0.2, -0.15) is 0 Å². The summed E-state index contributed by atoms with van der Waals surface area (Å²) in [7, 11) is 0. The Labute approximate surface area is 69.6 Å². The van der Waals surface area contributed by atoms with Crippen LogP contribution in [0.15, 0.2) is 18.5 Å². The Morgan fingerprint density at radius 2 is 2.20 bits per heavy atom. The van der Waals surface area contributed by atoms with Crippen molar-refractivity contribution in [1.82, 2.24) is 4.98 Å². The highest BCUT2D eigenvalue weighted by atomic mass is 79.9. The van der Waals surface area contributed by atoms with Crippen molar-refractivity contribution in [3.8, 4) is 0 Å². The van der Waals surface area contributed by atoms with Crippen LogP contribution in [-0.4, -0.2) is 4.98 Å². The number of hydrogen-bond acceptors (Lipinski definition) is 1. The number of rotatable bonds is 1. The lowest BCUT2D eigenvalue weighted by Crippen LogP contribution is -1.86. The zero-order valence-corrected chi connectivity index (χ0v) is 7.72. The zero-order chi connectivity index (χ0) is 7.56. The normalized spacial score (nSPS) is 13.1. The summed E-state index contributed by atoms with van der Waals surface area (Å²) >= 11 is 3.48. The third-order valence-electron chi connectivity index (χ3n) is 1.36. The van der Waals surface area contributed by atoms with Crippen molar-refractivity contribution in [2.75, 3.05) is 0 Å². The van der Waals surface area contributed by atoms with Crippen molar-refractivity contribution >= 4 is 15.9 Å². The van der Waals surface area contributed by atoms with Gasteiger partial charge in [0.2, 0.25) is 0 Å². The Balaban J connectivity index is 2.96. The van der Waals surface area contributed by atoms with Gasteiger partial charge in [0.05, 0.1) is 0 Å². The summed E-state index contributed by atoms with van der Waals surface area (Å²) in [6.07, 6.45) is 3.74. The first-order chi connectivity index (χ1) is 4.70. The van der Waals surface area contributed by atoms with Gasteiger partial charge in [-0.1, -0.05) is 22.0 Å². The highest BCUT2D eigenvalue weighted by Gasteiger charge is 1.98. The highest BCUT2D eigenvalue weighted by molar-refractivity contribution is 9.09. The van der Waals surface area contributed by atoms with E-state index in [1.165, 1.54) is 11.1 Å². The second kappa shape index (κ2) is 3.15. The third kappa shape index (κ3) is 1.81. The maximum absolute atomic E-state index is 4.08. The van der Waals surface area contributed by atoms with Crippen LogP contribution in [0, 0.1) is 6.92 Å². The molecule has 0 bridgehead atoms. The predicted molar refractivity (Wildman–Crippen MR) is 46.3 cm³/mol. The molecule has 0 N–H and O–H groups in total. The largest absolute Gasteiger partial charge is 0.264 e. The monoisotopic (exact) mass is 199 g/mol. The quantitative estimate of drug-likeness (QED) is 0.635. The first kappa shape index (κ1) is 7.73. The summed E-state index contributed by atoms with van der Waals surface area (Å²) in [4.78, 5) is 4.48. The van der Waals surface area contributed by atoms with E-state index < -0.39 is 0 Å². The Hall–Kier alpha value is -0.370. The van der Waals surface area contributed by atoms with Crippen LogP contribution in [0.4, 0.5) is 0 Å². The maximum Gasteiger partial charge on any atom is 0.0382 e. The summed E-state index contributed by atoms with van der Waals surface area (Å²) in [6, 6.07) is 2.13. The number of hydrogen-bond donors (Lipinski definition) is 0. The molecule has 1 atom stereocenters. The lowest BCUT2D eigenvalue weighted by Gasteiger charge is -2.01. The van der Waals surface area contributed by atoms with E-state index in [2.05, 4.69) is 33.9 Å². The molecular weight excluding hydrogens is 190 g/mol. The Bertz CT molecular complexity index is 220. The first-order valence-electron chi connectivity index (χ1n) is 3.26. The standard InChI is InChI=1S/C8H10BrN/c1-6-3-8(7(2)9)5-10-4-6/h3-5,7H,1-2H3. The molecule has 0 amide bonds. The molecule has 10 heavy (non-hydrogen) atoms. The zero-order valence-electron chi connectivity index (χ0n) is 6.13. The van der Waals surface area contributed by atoms with Crippen molar-refractivity contribution in [3.05, 3.63) is 29.6 Å². The van der Waals surface area contributed by atoms with E-state index in [1.807, 2.05) is 19.3 Å². The molecule has 0 saturated carbocycles.